The number of carbonyl (C=O) groups excluding carboxylic acids is 1. The summed E-state index contributed by atoms with van der Waals surface area (Å²) in [6.07, 6.45) is 3.04. The third-order valence-corrected chi connectivity index (χ3v) is 3.71. The Morgan fingerprint density at radius 2 is 2.16 bits per heavy atom. The number of likely N-dealkylation sites (tertiary alicyclic amines) is 1. The lowest BCUT2D eigenvalue weighted by molar-refractivity contribution is -0.109. The molecule has 0 bridgehead atoms. The molecular weight excluding hydrogens is 240 g/mol. The van der Waals surface area contributed by atoms with Crippen molar-refractivity contribution in [3.05, 3.63) is 29.3 Å². The standard InChI is InChI=1S/C15H22N2O2/c1-12-2-3-15(13(10-12)11-19)16-14-4-6-17(7-5-14)8-9-18/h2-3,9-10,14,16,19H,4-8,11H2,1H3. The zero-order chi connectivity index (χ0) is 13.7. The van der Waals surface area contributed by atoms with Crippen molar-refractivity contribution in [1.29, 1.82) is 0 Å². The van der Waals surface area contributed by atoms with Crippen LogP contribution in [0.25, 0.3) is 0 Å². The van der Waals surface area contributed by atoms with Crippen LogP contribution in [0.1, 0.15) is 24.0 Å². The zero-order valence-electron chi connectivity index (χ0n) is 11.4. The first-order valence-corrected chi connectivity index (χ1v) is 6.86. The minimum atomic E-state index is 0.0635. The lowest BCUT2D eigenvalue weighted by Crippen LogP contribution is -2.40. The molecule has 4 heteroatoms. The number of aliphatic hydroxyl groups is 1. The number of aliphatic hydroxyl groups excluding tert-OH is 1. The summed E-state index contributed by atoms with van der Waals surface area (Å²) in [4.78, 5) is 12.6. The molecule has 0 aromatic heterocycles. The fourth-order valence-corrected chi connectivity index (χ4v) is 2.58. The Balaban J connectivity index is 1.93. The first kappa shape index (κ1) is 14.0. The van der Waals surface area contributed by atoms with Gasteiger partial charge in [-0.05, 0) is 25.8 Å². The number of nitrogens with zero attached hydrogens (tertiary/aromatic N) is 1. The number of hydrogen-bond acceptors (Lipinski definition) is 4. The van der Waals surface area contributed by atoms with E-state index in [2.05, 4.69) is 16.3 Å². The van der Waals surface area contributed by atoms with Crippen molar-refractivity contribution in [1.82, 2.24) is 4.90 Å². The van der Waals surface area contributed by atoms with E-state index < -0.39 is 0 Å². The van der Waals surface area contributed by atoms with Crippen molar-refractivity contribution in [3.63, 3.8) is 0 Å². The molecule has 1 aromatic carbocycles. The van der Waals surface area contributed by atoms with Gasteiger partial charge in [0, 0.05) is 30.4 Å². The van der Waals surface area contributed by atoms with Gasteiger partial charge in [0.1, 0.15) is 6.29 Å². The molecule has 1 heterocycles. The molecule has 2 rings (SSSR count). The molecule has 0 radical (unpaired) electrons. The van der Waals surface area contributed by atoms with Gasteiger partial charge in [0.2, 0.25) is 0 Å². The van der Waals surface area contributed by atoms with Crippen molar-refractivity contribution in [2.45, 2.75) is 32.4 Å². The highest BCUT2D eigenvalue weighted by atomic mass is 16.3. The van der Waals surface area contributed by atoms with E-state index in [1.807, 2.05) is 19.1 Å². The second-order valence-corrected chi connectivity index (χ2v) is 5.20. The summed E-state index contributed by atoms with van der Waals surface area (Å²) in [7, 11) is 0. The lowest BCUT2D eigenvalue weighted by Gasteiger charge is -2.32. The molecule has 104 valence electrons. The molecule has 0 unspecified atom stereocenters. The normalized spacial score (nSPS) is 17.4. The van der Waals surface area contributed by atoms with Crippen molar-refractivity contribution < 1.29 is 9.90 Å². The van der Waals surface area contributed by atoms with Gasteiger partial charge >= 0.3 is 0 Å². The topological polar surface area (TPSA) is 52.6 Å². The molecule has 2 N–H and O–H groups in total. The maximum atomic E-state index is 10.5. The minimum Gasteiger partial charge on any atom is -0.392 e. The largest absolute Gasteiger partial charge is 0.392 e. The third-order valence-electron chi connectivity index (χ3n) is 3.71. The highest BCUT2D eigenvalue weighted by Crippen LogP contribution is 2.21. The van der Waals surface area contributed by atoms with E-state index in [4.69, 9.17) is 0 Å². The average Bonchev–Trinajstić information content (AvgIpc) is 2.43. The SMILES string of the molecule is Cc1ccc(NC2CCN(CC=O)CC2)c(CO)c1. The van der Waals surface area contributed by atoms with Gasteiger partial charge in [-0.2, -0.15) is 0 Å². The van der Waals surface area contributed by atoms with Crippen LogP contribution >= 0.6 is 0 Å². The number of rotatable bonds is 5. The summed E-state index contributed by atoms with van der Waals surface area (Å²) in [6.45, 7) is 4.54. The van der Waals surface area contributed by atoms with E-state index in [1.54, 1.807) is 0 Å². The van der Waals surface area contributed by atoms with E-state index in [-0.39, 0.29) is 6.61 Å². The van der Waals surface area contributed by atoms with Crippen LogP contribution in [0.2, 0.25) is 0 Å². The smallest absolute Gasteiger partial charge is 0.133 e. The Kier molecular flexibility index (Phi) is 4.93. The second-order valence-electron chi connectivity index (χ2n) is 5.20. The molecule has 1 saturated heterocycles. The number of aldehydes is 1. The molecular formula is C15H22N2O2. The molecule has 1 aromatic rings. The maximum absolute atomic E-state index is 10.5. The van der Waals surface area contributed by atoms with Crippen LogP contribution in [-0.2, 0) is 11.4 Å². The van der Waals surface area contributed by atoms with Crippen LogP contribution < -0.4 is 5.32 Å². The van der Waals surface area contributed by atoms with Crippen LogP contribution in [0.5, 0.6) is 0 Å². The molecule has 0 atom stereocenters. The monoisotopic (exact) mass is 262 g/mol. The molecule has 0 aliphatic carbocycles. The van der Waals surface area contributed by atoms with Gasteiger partial charge in [-0.25, -0.2) is 0 Å². The summed E-state index contributed by atoms with van der Waals surface area (Å²) in [5.41, 5.74) is 3.15. The zero-order valence-corrected chi connectivity index (χ0v) is 11.4. The maximum Gasteiger partial charge on any atom is 0.133 e. The fourth-order valence-electron chi connectivity index (χ4n) is 2.58. The summed E-state index contributed by atoms with van der Waals surface area (Å²) in [5.74, 6) is 0. The number of carbonyl (C=O) groups is 1. The van der Waals surface area contributed by atoms with Crippen LogP contribution in [0, 0.1) is 6.92 Å². The van der Waals surface area contributed by atoms with E-state index in [0.717, 1.165) is 49.0 Å². The summed E-state index contributed by atoms with van der Waals surface area (Å²) >= 11 is 0. The Morgan fingerprint density at radius 1 is 1.42 bits per heavy atom. The molecule has 19 heavy (non-hydrogen) atoms. The quantitative estimate of drug-likeness (QED) is 0.791. The number of benzene rings is 1. The molecule has 0 saturated carbocycles. The average molecular weight is 262 g/mol. The van der Waals surface area contributed by atoms with Gasteiger partial charge < -0.3 is 15.2 Å². The lowest BCUT2D eigenvalue weighted by atomic mass is 10.0. The molecule has 1 aliphatic rings. The Morgan fingerprint density at radius 3 is 2.79 bits per heavy atom. The Hall–Kier alpha value is -1.39. The van der Waals surface area contributed by atoms with Crippen LogP contribution in [0.4, 0.5) is 5.69 Å². The highest BCUT2D eigenvalue weighted by Gasteiger charge is 2.19. The van der Waals surface area contributed by atoms with Crippen LogP contribution in [0.3, 0.4) is 0 Å². The minimum absolute atomic E-state index is 0.0635. The van der Waals surface area contributed by atoms with Crippen molar-refractivity contribution >= 4 is 12.0 Å². The van der Waals surface area contributed by atoms with Gasteiger partial charge in [-0.15, -0.1) is 0 Å². The Labute approximate surface area is 114 Å². The predicted molar refractivity (Wildman–Crippen MR) is 76.3 cm³/mol. The van der Waals surface area contributed by atoms with E-state index in [9.17, 15) is 9.90 Å². The molecule has 0 amide bonds. The van der Waals surface area contributed by atoms with Crippen molar-refractivity contribution in [2.24, 2.45) is 0 Å². The summed E-state index contributed by atoms with van der Waals surface area (Å²) in [5, 5.41) is 12.9. The van der Waals surface area contributed by atoms with Gasteiger partial charge in [0.05, 0.1) is 13.2 Å². The van der Waals surface area contributed by atoms with E-state index in [0.29, 0.717) is 12.6 Å². The molecule has 1 aliphatic heterocycles. The number of aryl methyl sites for hydroxylation is 1. The third kappa shape index (κ3) is 3.78. The first-order chi connectivity index (χ1) is 9.22. The predicted octanol–water partition coefficient (Wildman–Crippen LogP) is 1.56. The number of hydrogen-bond donors (Lipinski definition) is 2. The molecule has 4 nitrogen and oxygen atoms in total. The van der Waals surface area contributed by atoms with Crippen LogP contribution in [-0.4, -0.2) is 42.0 Å². The first-order valence-electron chi connectivity index (χ1n) is 6.86. The fraction of sp³-hybridized carbons (Fsp3) is 0.533. The van der Waals surface area contributed by atoms with E-state index in [1.165, 1.54) is 0 Å². The summed E-state index contributed by atoms with van der Waals surface area (Å²) < 4.78 is 0. The number of nitrogens with one attached hydrogen (secondary N) is 1. The van der Waals surface area contributed by atoms with E-state index >= 15 is 0 Å². The number of piperidine rings is 1. The Bertz CT molecular complexity index is 426. The van der Waals surface area contributed by atoms with Crippen LogP contribution in [0.15, 0.2) is 18.2 Å². The molecule has 1 fully saturated rings. The van der Waals surface area contributed by atoms with Crippen molar-refractivity contribution in [2.75, 3.05) is 25.0 Å². The summed E-state index contributed by atoms with van der Waals surface area (Å²) in [6, 6.07) is 6.54. The highest BCUT2D eigenvalue weighted by molar-refractivity contribution is 5.53. The van der Waals surface area contributed by atoms with Crippen molar-refractivity contribution in [3.8, 4) is 0 Å². The second kappa shape index (κ2) is 6.68. The van der Waals surface area contributed by atoms with Gasteiger partial charge in [0.25, 0.3) is 0 Å². The van der Waals surface area contributed by atoms with Gasteiger partial charge in [-0.3, -0.25) is 4.90 Å². The van der Waals surface area contributed by atoms with Gasteiger partial charge in [0.15, 0.2) is 0 Å². The molecule has 0 spiro atoms. The van der Waals surface area contributed by atoms with Gasteiger partial charge in [-0.1, -0.05) is 17.7 Å². The number of anilines is 1.